The second-order valence-corrected chi connectivity index (χ2v) is 9.68. The Morgan fingerprint density at radius 2 is 1.95 bits per heavy atom. The summed E-state index contributed by atoms with van der Waals surface area (Å²) in [5.74, 6) is 0.349. The van der Waals surface area contributed by atoms with Crippen LogP contribution in [-0.2, 0) is 9.53 Å². The average molecular weight is 530 g/mol. The molecule has 1 aliphatic rings. The molecule has 0 spiro atoms. The number of nitrogens with zero attached hydrogens (tertiary/aromatic N) is 3. The van der Waals surface area contributed by atoms with Gasteiger partial charge in [0.25, 0.3) is 11.2 Å². The molecular weight excluding hydrogens is 506 g/mol. The maximum atomic E-state index is 13.7. The summed E-state index contributed by atoms with van der Waals surface area (Å²) in [6.07, 6.45) is 1.62. The minimum atomic E-state index is -0.687. The van der Waals surface area contributed by atoms with Crippen molar-refractivity contribution in [2.45, 2.75) is 26.8 Å². The van der Waals surface area contributed by atoms with Gasteiger partial charge in [0.15, 0.2) is 4.80 Å². The number of allylic oxidation sites excluding steroid dienone is 1. The molecule has 9 nitrogen and oxygen atoms in total. The Hall–Kier alpha value is -4.57. The SMILES string of the molecule is CCOC(=O)C1=C(C)N=c2sc(=Cc3ccc(-c4cc([N+](=O)[O-])ccc4C)o3)c(=O)n2C1c1ccccc1. The van der Waals surface area contributed by atoms with Gasteiger partial charge in [0.2, 0.25) is 0 Å². The normalized spacial score (nSPS) is 15.2. The number of nitro groups is 1. The van der Waals surface area contributed by atoms with Crippen LogP contribution < -0.4 is 14.9 Å². The van der Waals surface area contributed by atoms with Gasteiger partial charge in [0.1, 0.15) is 11.5 Å². The standard InChI is InChI=1S/C28H23N3O6S/c1-4-36-27(33)24-17(3)29-28-30(25(24)18-8-6-5-7-9-18)26(32)23(38-28)15-20-12-13-22(37-20)21-14-19(31(34)35)11-10-16(21)2/h5-15,25H,4H2,1-3H3. The van der Waals surface area contributed by atoms with Gasteiger partial charge in [-0.15, -0.1) is 0 Å². The number of carbonyl (C=O) groups is 1. The Bertz CT molecular complexity index is 1780. The number of aryl methyl sites for hydroxylation is 1. The highest BCUT2D eigenvalue weighted by Crippen LogP contribution is 2.31. The molecule has 0 N–H and O–H groups in total. The number of nitro benzene ring substituents is 1. The van der Waals surface area contributed by atoms with E-state index in [1.165, 1.54) is 28.0 Å². The zero-order valence-corrected chi connectivity index (χ0v) is 21.7. The summed E-state index contributed by atoms with van der Waals surface area (Å²) in [7, 11) is 0. The van der Waals surface area contributed by atoms with Crippen molar-refractivity contribution in [2.24, 2.45) is 4.99 Å². The van der Waals surface area contributed by atoms with Gasteiger partial charge in [0.05, 0.1) is 33.4 Å². The molecule has 1 atom stereocenters. The quantitative estimate of drug-likeness (QED) is 0.209. The van der Waals surface area contributed by atoms with Gasteiger partial charge in [-0.2, -0.15) is 0 Å². The number of thiazole rings is 1. The lowest BCUT2D eigenvalue weighted by Gasteiger charge is -2.24. The zero-order chi connectivity index (χ0) is 27.0. The number of carbonyl (C=O) groups excluding carboxylic acids is 1. The molecular formula is C28H23N3O6S. The van der Waals surface area contributed by atoms with E-state index in [9.17, 15) is 19.7 Å². The van der Waals surface area contributed by atoms with Crippen LogP contribution in [0.2, 0.25) is 0 Å². The minimum absolute atomic E-state index is 0.0365. The number of benzene rings is 2. The van der Waals surface area contributed by atoms with Crippen LogP contribution in [0.25, 0.3) is 17.4 Å². The van der Waals surface area contributed by atoms with Crippen LogP contribution >= 0.6 is 11.3 Å². The second kappa shape index (κ2) is 10.1. The highest BCUT2D eigenvalue weighted by atomic mass is 32.1. The highest BCUT2D eigenvalue weighted by molar-refractivity contribution is 7.07. The van der Waals surface area contributed by atoms with Gasteiger partial charge in [-0.3, -0.25) is 19.5 Å². The molecule has 2 aromatic heterocycles. The molecule has 1 aliphatic heterocycles. The number of furan rings is 1. The van der Waals surface area contributed by atoms with Gasteiger partial charge < -0.3 is 9.15 Å². The molecule has 3 heterocycles. The Kier molecular flexibility index (Phi) is 6.64. The van der Waals surface area contributed by atoms with Gasteiger partial charge >= 0.3 is 5.97 Å². The lowest BCUT2D eigenvalue weighted by Crippen LogP contribution is -2.39. The lowest BCUT2D eigenvalue weighted by atomic mass is 9.96. The summed E-state index contributed by atoms with van der Waals surface area (Å²) in [5, 5.41) is 11.2. The second-order valence-electron chi connectivity index (χ2n) is 8.67. The maximum absolute atomic E-state index is 13.7. The summed E-state index contributed by atoms with van der Waals surface area (Å²) in [4.78, 5) is 42.4. The van der Waals surface area contributed by atoms with E-state index in [2.05, 4.69) is 4.99 Å². The van der Waals surface area contributed by atoms with Crippen molar-refractivity contribution in [1.82, 2.24) is 4.57 Å². The minimum Gasteiger partial charge on any atom is -0.463 e. The predicted octanol–water partition coefficient (Wildman–Crippen LogP) is 4.27. The summed E-state index contributed by atoms with van der Waals surface area (Å²) in [6.45, 7) is 5.51. The number of esters is 1. The molecule has 0 amide bonds. The Morgan fingerprint density at radius 3 is 2.66 bits per heavy atom. The first kappa shape index (κ1) is 25.1. The van der Waals surface area contributed by atoms with Crippen LogP contribution in [-0.4, -0.2) is 22.1 Å². The lowest BCUT2D eigenvalue weighted by molar-refractivity contribution is -0.384. The van der Waals surface area contributed by atoms with E-state index < -0.39 is 16.9 Å². The molecule has 2 aromatic carbocycles. The monoisotopic (exact) mass is 529 g/mol. The molecule has 0 saturated carbocycles. The van der Waals surface area contributed by atoms with E-state index in [0.717, 1.165) is 11.1 Å². The van der Waals surface area contributed by atoms with Gasteiger partial charge in [-0.1, -0.05) is 47.7 Å². The van der Waals surface area contributed by atoms with Crippen molar-refractivity contribution >= 4 is 29.1 Å². The summed E-state index contributed by atoms with van der Waals surface area (Å²) in [6, 6.07) is 16.6. The number of ether oxygens (including phenoxy) is 1. The van der Waals surface area contributed by atoms with Crippen LogP contribution in [0.5, 0.6) is 0 Å². The number of aromatic nitrogens is 1. The van der Waals surface area contributed by atoms with E-state index >= 15 is 0 Å². The first-order valence-electron chi connectivity index (χ1n) is 11.9. The Labute approximate surface area is 220 Å². The summed E-state index contributed by atoms with van der Waals surface area (Å²) >= 11 is 1.19. The Morgan fingerprint density at radius 1 is 1.18 bits per heavy atom. The van der Waals surface area contributed by atoms with E-state index in [-0.39, 0.29) is 17.9 Å². The van der Waals surface area contributed by atoms with Crippen LogP contribution in [0.4, 0.5) is 5.69 Å². The van der Waals surface area contributed by atoms with Crippen molar-refractivity contribution in [3.63, 3.8) is 0 Å². The third-order valence-electron chi connectivity index (χ3n) is 6.23. The van der Waals surface area contributed by atoms with Crippen molar-refractivity contribution in [3.05, 3.63) is 119 Å². The molecule has 0 saturated heterocycles. The third-order valence-corrected chi connectivity index (χ3v) is 7.21. The zero-order valence-electron chi connectivity index (χ0n) is 20.8. The van der Waals surface area contributed by atoms with Crippen molar-refractivity contribution < 1.29 is 18.9 Å². The number of hydrogen-bond donors (Lipinski definition) is 0. The van der Waals surface area contributed by atoms with Gasteiger partial charge in [-0.25, -0.2) is 9.79 Å². The van der Waals surface area contributed by atoms with E-state index in [4.69, 9.17) is 9.15 Å². The molecule has 0 radical (unpaired) electrons. The van der Waals surface area contributed by atoms with Crippen molar-refractivity contribution in [1.29, 1.82) is 0 Å². The van der Waals surface area contributed by atoms with Gasteiger partial charge in [-0.05, 0) is 44.0 Å². The topological polar surface area (TPSA) is 117 Å². The fourth-order valence-corrected chi connectivity index (χ4v) is 5.46. The highest BCUT2D eigenvalue weighted by Gasteiger charge is 2.33. The van der Waals surface area contributed by atoms with Crippen LogP contribution in [0.1, 0.15) is 36.8 Å². The number of fused-ring (bicyclic) bond motifs is 1. The number of rotatable bonds is 6. The molecule has 0 aliphatic carbocycles. The average Bonchev–Trinajstić information content (AvgIpc) is 3.48. The van der Waals surface area contributed by atoms with Crippen LogP contribution in [0.15, 0.2) is 86.1 Å². The molecule has 5 rings (SSSR count). The van der Waals surface area contributed by atoms with Crippen molar-refractivity contribution in [3.8, 4) is 11.3 Å². The molecule has 0 fully saturated rings. The summed E-state index contributed by atoms with van der Waals surface area (Å²) < 4.78 is 13.2. The first-order valence-corrected chi connectivity index (χ1v) is 12.7. The molecule has 4 aromatic rings. The fourth-order valence-electron chi connectivity index (χ4n) is 4.44. The number of hydrogen-bond acceptors (Lipinski definition) is 8. The molecule has 38 heavy (non-hydrogen) atoms. The van der Waals surface area contributed by atoms with Crippen LogP contribution in [0, 0.1) is 17.0 Å². The predicted molar refractivity (Wildman–Crippen MR) is 142 cm³/mol. The largest absolute Gasteiger partial charge is 0.463 e. The third kappa shape index (κ3) is 4.50. The molecule has 192 valence electrons. The summed E-state index contributed by atoms with van der Waals surface area (Å²) in [5.41, 5.74) is 2.63. The first-order chi connectivity index (χ1) is 18.3. The van der Waals surface area contributed by atoms with Gasteiger partial charge in [0, 0.05) is 23.8 Å². The van der Waals surface area contributed by atoms with Crippen LogP contribution in [0.3, 0.4) is 0 Å². The molecule has 0 bridgehead atoms. The smallest absolute Gasteiger partial charge is 0.338 e. The van der Waals surface area contributed by atoms with E-state index in [1.54, 1.807) is 38.1 Å². The van der Waals surface area contributed by atoms with E-state index in [0.29, 0.717) is 37.7 Å². The fraction of sp³-hybridized carbons (Fsp3) is 0.179. The Balaban J connectivity index is 1.62. The van der Waals surface area contributed by atoms with Crippen molar-refractivity contribution in [2.75, 3.05) is 6.61 Å². The molecule has 1 unspecified atom stereocenters. The van der Waals surface area contributed by atoms with E-state index in [1.807, 2.05) is 37.3 Å². The maximum Gasteiger partial charge on any atom is 0.338 e. The molecule has 10 heteroatoms. The number of non-ortho nitro benzene ring substituents is 1.